The lowest BCUT2D eigenvalue weighted by Crippen LogP contribution is -2.09. The van der Waals surface area contributed by atoms with Gasteiger partial charge < -0.3 is 0 Å². The molecule has 2 heterocycles. The molecule has 0 fully saturated rings. The third kappa shape index (κ3) is 1.75. The van der Waals surface area contributed by atoms with Crippen LogP contribution in [-0.2, 0) is 6.42 Å². The Balaban J connectivity index is 1.81. The number of rotatable bonds is 0. The highest BCUT2D eigenvalue weighted by atomic mass is 32.2. The monoisotopic (exact) mass is 312 g/mol. The highest BCUT2D eigenvalue weighted by Gasteiger charge is 2.38. The lowest BCUT2D eigenvalue weighted by molar-refractivity contribution is 0.906. The molecule has 86 valence electrons. The average molecular weight is 313 g/mol. The molecule has 0 N–H and O–H groups in total. The van der Waals surface area contributed by atoms with Gasteiger partial charge in [0, 0.05) is 10.5 Å². The molecule has 1 aromatic carbocycles. The van der Waals surface area contributed by atoms with E-state index in [4.69, 9.17) is 12.2 Å². The van der Waals surface area contributed by atoms with Crippen molar-refractivity contribution in [2.24, 2.45) is 0 Å². The van der Waals surface area contributed by atoms with Crippen LogP contribution in [0.4, 0.5) is 0 Å². The normalized spacial score (nSPS) is 25.2. The van der Waals surface area contributed by atoms with E-state index in [1.807, 2.05) is 23.5 Å². The smallest absolute Gasteiger partial charge is 0.108 e. The average Bonchev–Trinajstić information content (AvgIpc) is 2.84. The van der Waals surface area contributed by atoms with E-state index in [0.29, 0.717) is 10.5 Å². The number of thioether (sulfide) groups is 2. The quantitative estimate of drug-likeness (QED) is 0.598. The lowest BCUT2D eigenvalue weighted by Gasteiger charge is -2.23. The standard InChI is InChI=1S/C12H8S5/c13-12-16-10-11(17-12)15-9-7-4-2-1-3-6(7)5-8(9)14-10/h1-4,8-9H,5H2/t8-,9-/m0/s1. The van der Waals surface area contributed by atoms with E-state index < -0.39 is 0 Å². The van der Waals surface area contributed by atoms with Crippen LogP contribution in [-0.4, -0.2) is 5.25 Å². The van der Waals surface area contributed by atoms with Crippen molar-refractivity contribution < 1.29 is 0 Å². The van der Waals surface area contributed by atoms with Gasteiger partial charge in [0.2, 0.25) is 0 Å². The zero-order chi connectivity index (χ0) is 11.4. The number of hydrogen-bond donors (Lipinski definition) is 0. The van der Waals surface area contributed by atoms with Gasteiger partial charge >= 0.3 is 0 Å². The second-order valence-corrected chi connectivity index (χ2v) is 10.3. The van der Waals surface area contributed by atoms with Crippen molar-refractivity contribution in [3.05, 3.63) is 38.5 Å². The Hall–Kier alpha value is 0.190. The molecule has 0 nitrogen and oxygen atoms in total. The molecule has 1 aromatic heterocycles. The second kappa shape index (κ2) is 4.10. The maximum Gasteiger partial charge on any atom is 0.145 e. The summed E-state index contributed by atoms with van der Waals surface area (Å²) >= 11 is 13.0. The summed E-state index contributed by atoms with van der Waals surface area (Å²) in [6, 6.07) is 8.90. The van der Waals surface area contributed by atoms with E-state index in [0.717, 1.165) is 3.14 Å². The van der Waals surface area contributed by atoms with Crippen molar-refractivity contribution in [3.8, 4) is 0 Å². The summed E-state index contributed by atoms with van der Waals surface area (Å²) < 4.78 is 3.98. The van der Waals surface area contributed by atoms with Crippen molar-refractivity contribution >= 4 is 58.4 Å². The molecule has 0 radical (unpaired) electrons. The van der Waals surface area contributed by atoms with E-state index >= 15 is 0 Å². The van der Waals surface area contributed by atoms with Gasteiger partial charge in [-0.2, -0.15) is 0 Å². The van der Waals surface area contributed by atoms with Crippen LogP contribution < -0.4 is 0 Å². The first-order chi connectivity index (χ1) is 8.31. The summed E-state index contributed by atoms with van der Waals surface area (Å²) in [6.45, 7) is 0. The molecular formula is C12H8S5. The Kier molecular flexibility index (Phi) is 2.66. The molecule has 1 aliphatic carbocycles. The van der Waals surface area contributed by atoms with Crippen LogP contribution in [0.2, 0.25) is 0 Å². The maximum atomic E-state index is 5.30. The highest BCUT2D eigenvalue weighted by molar-refractivity contribution is 8.09. The molecule has 0 amide bonds. The number of fused-ring (bicyclic) bond motifs is 4. The first-order valence-electron chi connectivity index (χ1n) is 5.36. The summed E-state index contributed by atoms with van der Waals surface area (Å²) in [5.74, 6) is 0. The van der Waals surface area contributed by atoms with Gasteiger partial charge in [0.05, 0.1) is 8.42 Å². The van der Waals surface area contributed by atoms with Gasteiger partial charge in [-0.3, -0.25) is 0 Å². The zero-order valence-corrected chi connectivity index (χ0v) is 12.8. The van der Waals surface area contributed by atoms with Gasteiger partial charge in [-0.1, -0.05) is 36.5 Å². The number of benzene rings is 1. The Morgan fingerprint density at radius 3 is 2.71 bits per heavy atom. The third-order valence-corrected chi connectivity index (χ3v) is 9.42. The fraction of sp³-hybridized carbons (Fsp3) is 0.250. The van der Waals surface area contributed by atoms with E-state index in [2.05, 4.69) is 24.3 Å². The highest BCUT2D eigenvalue weighted by Crippen LogP contribution is 2.59. The predicted octanol–water partition coefficient (Wildman–Crippen LogP) is 5.40. The van der Waals surface area contributed by atoms with Crippen LogP contribution in [0, 0.1) is 3.14 Å². The molecule has 4 rings (SSSR count). The molecule has 0 unspecified atom stereocenters. The molecule has 0 bridgehead atoms. The minimum absolute atomic E-state index is 0.643. The van der Waals surface area contributed by atoms with E-state index in [-0.39, 0.29) is 0 Å². The molecule has 2 aliphatic rings. The summed E-state index contributed by atoms with van der Waals surface area (Å²) in [5.41, 5.74) is 3.09. The van der Waals surface area contributed by atoms with Gasteiger partial charge in [0.15, 0.2) is 0 Å². The molecule has 0 spiro atoms. The SMILES string of the molecule is S=c1sc2c(s1)S[C@H]1c3ccccc3C[C@@H]1S2. The maximum absolute atomic E-state index is 5.30. The van der Waals surface area contributed by atoms with Crippen LogP contribution >= 0.6 is 58.4 Å². The minimum atomic E-state index is 0.643. The molecule has 2 atom stereocenters. The Bertz CT molecular complexity index is 638. The summed E-state index contributed by atoms with van der Waals surface area (Å²) in [6.07, 6.45) is 1.22. The van der Waals surface area contributed by atoms with Gasteiger partial charge in [-0.25, -0.2) is 0 Å². The fourth-order valence-electron chi connectivity index (χ4n) is 2.42. The van der Waals surface area contributed by atoms with Gasteiger partial charge in [-0.05, 0) is 17.5 Å². The molecule has 5 heteroatoms. The van der Waals surface area contributed by atoms with E-state index in [9.17, 15) is 0 Å². The van der Waals surface area contributed by atoms with Crippen LogP contribution in [0.15, 0.2) is 32.7 Å². The largest absolute Gasteiger partial charge is 0.145 e. The summed E-state index contributed by atoms with van der Waals surface area (Å²) in [4.78, 5) is 0. The predicted molar refractivity (Wildman–Crippen MR) is 81.4 cm³/mol. The molecule has 0 saturated heterocycles. The van der Waals surface area contributed by atoms with Gasteiger partial charge in [0.1, 0.15) is 3.14 Å². The summed E-state index contributed by atoms with van der Waals surface area (Å²) in [5, 5.41) is 1.36. The topological polar surface area (TPSA) is 0 Å². The zero-order valence-electron chi connectivity index (χ0n) is 8.71. The van der Waals surface area contributed by atoms with Crippen LogP contribution in [0.1, 0.15) is 16.4 Å². The first kappa shape index (κ1) is 11.1. The second-order valence-electron chi connectivity index (χ2n) is 4.13. The third-order valence-electron chi connectivity index (χ3n) is 3.13. The van der Waals surface area contributed by atoms with Crippen molar-refractivity contribution in [3.63, 3.8) is 0 Å². The Morgan fingerprint density at radius 2 is 1.82 bits per heavy atom. The molecule has 17 heavy (non-hydrogen) atoms. The molecule has 2 aromatic rings. The van der Waals surface area contributed by atoms with E-state index in [1.165, 1.54) is 14.8 Å². The van der Waals surface area contributed by atoms with Crippen LogP contribution in [0.3, 0.4) is 0 Å². The summed E-state index contributed by atoms with van der Waals surface area (Å²) in [7, 11) is 0. The molecule has 0 saturated carbocycles. The van der Waals surface area contributed by atoms with Crippen LogP contribution in [0.25, 0.3) is 0 Å². The lowest BCUT2D eigenvalue weighted by atomic mass is 10.1. The fourth-order valence-corrected chi connectivity index (χ4v) is 9.50. The molecule has 1 aliphatic heterocycles. The molecular weight excluding hydrogens is 304 g/mol. The van der Waals surface area contributed by atoms with Gasteiger partial charge in [0.25, 0.3) is 0 Å². The van der Waals surface area contributed by atoms with Crippen molar-refractivity contribution in [2.45, 2.75) is 25.3 Å². The van der Waals surface area contributed by atoms with Crippen molar-refractivity contribution in [2.75, 3.05) is 0 Å². The number of hydrogen-bond acceptors (Lipinski definition) is 5. The first-order valence-corrected chi connectivity index (χ1v) is 9.16. The van der Waals surface area contributed by atoms with Crippen molar-refractivity contribution in [1.82, 2.24) is 0 Å². The van der Waals surface area contributed by atoms with Crippen LogP contribution in [0.5, 0.6) is 0 Å². The van der Waals surface area contributed by atoms with Crippen molar-refractivity contribution in [1.29, 1.82) is 0 Å². The Labute approximate surface area is 121 Å². The van der Waals surface area contributed by atoms with Gasteiger partial charge in [-0.15, -0.1) is 46.2 Å². The van der Waals surface area contributed by atoms with E-state index in [1.54, 1.807) is 33.8 Å². The Morgan fingerprint density at radius 1 is 1.06 bits per heavy atom. The minimum Gasteiger partial charge on any atom is -0.108 e.